The van der Waals surface area contributed by atoms with Gasteiger partial charge in [0.15, 0.2) is 6.23 Å². The molecule has 1 aliphatic rings. The number of rotatable bonds is 14. The first-order valence-electron chi connectivity index (χ1n) is 17.5. The summed E-state index contributed by atoms with van der Waals surface area (Å²) in [5, 5.41) is 0.385. The maximum absolute atomic E-state index is 14.3. The quantitative estimate of drug-likeness (QED) is 0.127. The molecule has 5 aromatic carbocycles. The molecule has 7 rings (SSSR count). The van der Waals surface area contributed by atoms with Crippen LogP contribution in [0.1, 0.15) is 28.5 Å². The van der Waals surface area contributed by atoms with Gasteiger partial charge >= 0.3 is 5.69 Å². The molecular formula is C43H42N2O7. The summed E-state index contributed by atoms with van der Waals surface area (Å²) in [6.07, 6.45) is -4.38. The molecule has 5 atom stereocenters. The van der Waals surface area contributed by atoms with Gasteiger partial charge in [-0.2, -0.15) is 0 Å². The van der Waals surface area contributed by atoms with Crippen molar-refractivity contribution in [3.05, 3.63) is 189 Å². The molecule has 9 heteroatoms. The normalized spacial score (nSPS) is 20.2. The lowest BCUT2D eigenvalue weighted by atomic mass is 9.96. The summed E-state index contributed by atoms with van der Waals surface area (Å²) >= 11 is 0. The number of nitrogens with zero attached hydrogens (tertiary/aromatic N) is 2. The number of ether oxygens (including phenoxy) is 5. The third kappa shape index (κ3) is 8.15. The number of aryl methyl sites for hydroxylation is 1. The number of hydrogen-bond donors (Lipinski definition) is 0. The minimum atomic E-state index is -1.18. The Labute approximate surface area is 302 Å². The lowest BCUT2D eigenvalue weighted by Crippen LogP contribution is -2.62. The molecule has 1 fully saturated rings. The SMILES string of the molecule is Cn1c(=O)n([C@@H]2O[C@H](COCc3ccccc3)[C@@H](OCc3ccccc3)[C@H](OCc3ccccc3)[C@H]2OCc2ccccc2)c(=O)c2ccccc21. The summed E-state index contributed by atoms with van der Waals surface area (Å²) in [5.74, 6) is 0. The molecule has 0 radical (unpaired) electrons. The minimum Gasteiger partial charge on any atom is -0.374 e. The Morgan fingerprint density at radius 2 is 0.981 bits per heavy atom. The third-order valence-electron chi connectivity index (χ3n) is 9.32. The van der Waals surface area contributed by atoms with Crippen LogP contribution >= 0.6 is 0 Å². The molecule has 1 aliphatic heterocycles. The predicted molar refractivity (Wildman–Crippen MR) is 199 cm³/mol. The van der Waals surface area contributed by atoms with Gasteiger partial charge in [-0.25, -0.2) is 9.36 Å². The fraction of sp³-hybridized carbons (Fsp3) is 0.256. The Hall–Kier alpha value is -5.16. The third-order valence-corrected chi connectivity index (χ3v) is 9.32. The maximum Gasteiger partial charge on any atom is 0.333 e. The van der Waals surface area contributed by atoms with Gasteiger partial charge in [-0.3, -0.25) is 9.36 Å². The standard InChI is InChI=1S/C43H42N2O7/c1-44-36-25-15-14-24-35(36)41(46)45(43(44)47)42-40(51-29-34-22-12-5-13-23-34)39(50-28-33-20-10-4-11-21-33)38(49-27-32-18-8-3-9-19-32)37(52-42)30-48-26-31-16-6-2-7-17-31/h2-25,37-40,42H,26-30H2,1H3/t37-,38-,39+,40-,42-/m1/s1. The zero-order chi connectivity index (χ0) is 35.7. The van der Waals surface area contributed by atoms with E-state index in [9.17, 15) is 9.59 Å². The molecule has 6 aromatic rings. The maximum atomic E-state index is 14.3. The summed E-state index contributed by atoms with van der Waals surface area (Å²) in [7, 11) is 1.65. The fourth-order valence-corrected chi connectivity index (χ4v) is 6.63. The Morgan fingerprint density at radius 3 is 1.52 bits per heavy atom. The van der Waals surface area contributed by atoms with E-state index in [1.165, 1.54) is 4.57 Å². The van der Waals surface area contributed by atoms with Crippen LogP contribution in [0.5, 0.6) is 0 Å². The van der Waals surface area contributed by atoms with Crippen molar-refractivity contribution in [1.29, 1.82) is 0 Å². The van der Waals surface area contributed by atoms with E-state index >= 15 is 0 Å². The summed E-state index contributed by atoms with van der Waals surface area (Å²) in [6.45, 7) is 1.11. The van der Waals surface area contributed by atoms with Crippen LogP contribution in [0.3, 0.4) is 0 Å². The summed E-state index contributed by atoms with van der Waals surface area (Å²) < 4.78 is 36.0. The van der Waals surface area contributed by atoms with Crippen LogP contribution in [0.2, 0.25) is 0 Å². The molecule has 0 spiro atoms. The van der Waals surface area contributed by atoms with E-state index < -0.39 is 41.9 Å². The first kappa shape index (κ1) is 35.3. The number of para-hydroxylation sites is 1. The zero-order valence-electron chi connectivity index (χ0n) is 29.0. The molecule has 2 heterocycles. The van der Waals surface area contributed by atoms with Gasteiger partial charge < -0.3 is 23.7 Å². The van der Waals surface area contributed by atoms with Crippen LogP contribution in [0, 0.1) is 0 Å². The van der Waals surface area contributed by atoms with Crippen molar-refractivity contribution in [2.75, 3.05) is 6.61 Å². The van der Waals surface area contributed by atoms with E-state index in [4.69, 9.17) is 23.7 Å². The molecule has 0 saturated carbocycles. The van der Waals surface area contributed by atoms with Crippen LogP contribution < -0.4 is 11.2 Å². The second-order valence-electron chi connectivity index (χ2n) is 12.9. The average molecular weight is 699 g/mol. The molecule has 0 unspecified atom stereocenters. The van der Waals surface area contributed by atoms with Crippen molar-refractivity contribution in [3.8, 4) is 0 Å². The van der Waals surface area contributed by atoms with Gasteiger partial charge in [-0.15, -0.1) is 0 Å². The highest BCUT2D eigenvalue weighted by Crippen LogP contribution is 2.35. The van der Waals surface area contributed by atoms with E-state index in [0.29, 0.717) is 17.5 Å². The molecule has 1 aromatic heterocycles. The molecule has 266 valence electrons. The monoisotopic (exact) mass is 698 g/mol. The highest BCUT2D eigenvalue weighted by Gasteiger charge is 2.50. The highest BCUT2D eigenvalue weighted by atomic mass is 16.6. The Kier molecular flexibility index (Phi) is 11.5. The topological polar surface area (TPSA) is 90.2 Å². The lowest BCUT2D eigenvalue weighted by Gasteiger charge is -2.46. The van der Waals surface area contributed by atoms with Gasteiger partial charge in [-0.1, -0.05) is 133 Å². The minimum absolute atomic E-state index is 0.101. The van der Waals surface area contributed by atoms with Crippen LogP contribution in [-0.2, 0) is 57.2 Å². The summed E-state index contributed by atoms with van der Waals surface area (Å²) in [6, 6.07) is 46.4. The second-order valence-corrected chi connectivity index (χ2v) is 12.9. The molecule has 0 N–H and O–H groups in total. The number of aromatic nitrogens is 2. The Morgan fingerprint density at radius 1 is 0.538 bits per heavy atom. The first-order valence-corrected chi connectivity index (χ1v) is 17.5. The Balaban J connectivity index is 1.32. The smallest absolute Gasteiger partial charge is 0.333 e. The number of fused-ring (bicyclic) bond motifs is 1. The van der Waals surface area contributed by atoms with Gasteiger partial charge in [-0.05, 0) is 34.4 Å². The van der Waals surface area contributed by atoms with Gasteiger partial charge in [0.1, 0.15) is 24.4 Å². The van der Waals surface area contributed by atoms with Crippen molar-refractivity contribution < 1.29 is 23.7 Å². The average Bonchev–Trinajstić information content (AvgIpc) is 3.20. The zero-order valence-corrected chi connectivity index (χ0v) is 29.0. The molecular weight excluding hydrogens is 656 g/mol. The van der Waals surface area contributed by atoms with E-state index in [-0.39, 0.29) is 26.4 Å². The molecule has 1 saturated heterocycles. The lowest BCUT2D eigenvalue weighted by molar-refractivity contribution is -0.291. The molecule has 0 aliphatic carbocycles. The Bertz CT molecular complexity index is 2140. The summed E-state index contributed by atoms with van der Waals surface area (Å²) in [5.41, 5.74) is 3.34. The van der Waals surface area contributed by atoms with E-state index in [1.54, 1.807) is 31.3 Å². The van der Waals surface area contributed by atoms with Gasteiger partial charge in [0.05, 0.1) is 43.9 Å². The molecule has 0 bridgehead atoms. The van der Waals surface area contributed by atoms with Gasteiger partial charge in [0.2, 0.25) is 0 Å². The van der Waals surface area contributed by atoms with Crippen molar-refractivity contribution in [2.45, 2.75) is 57.1 Å². The summed E-state index contributed by atoms with van der Waals surface area (Å²) in [4.78, 5) is 28.5. The largest absolute Gasteiger partial charge is 0.374 e. The van der Waals surface area contributed by atoms with Crippen LogP contribution in [-0.4, -0.2) is 40.2 Å². The second kappa shape index (κ2) is 16.9. The van der Waals surface area contributed by atoms with E-state index in [2.05, 4.69) is 0 Å². The van der Waals surface area contributed by atoms with Crippen molar-refractivity contribution in [3.63, 3.8) is 0 Å². The van der Waals surface area contributed by atoms with Gasteiger partial charge in [0, 0.05) is 7.05 Å². The van der Waals surface area contributed by atoms with Crippen molar-refractivity contribution in [2.24, 2.45) is 7.05 Å². The van der Waals surface area contributed by atoms with Crippen molar-refractivity contribution in [1.82, 2.24) is 9.13 Å². The van der Waals surface area contributed by atoms with Crippen LogP contribution in [0.25, 0.3) is 10.9 Å². The van der Waals surface area contributed by atoms with Gasteiger partial charge in [0.25, 0.3) is 5.56 Å². The van der Waals surface area contributed by atoms with E-state index in [0.717, 1.165) is 26.8 Å². The van der Waals surface area contributed by atoms with Crippen LogP contribution in [0.4, 0.5) is 0 Å². The first-order chi connectivity index (χ1) is 25.6. The van der Waals surface area contributed by atoms with Crippen molar-refractivity contribution >= 4 is 10.9 Å². The fourth-order valence-electron chi connectivity index (χ4n) is 6.63. The molecule has 52 heavy (non-hydrogen) atoms. The highest BCUT2D eigenvalue weighted by molar-refractivity contribution is 5.77. The predicted octanol–water partition coefficient (Wildman–Crippen LogP) is 6.57. The number of hydrogen-bond acceptors (Lipinski definition) is 7. The molecule has 9 nitrogen and oxygen atoms in total. The van der Waals surface area contributed by atoms with E-state index in [1.807, 2.05) is 121 Å². The number of benzene rings is 5. The molecule has 0 amide bonds. The van der Waals surface area contributed by atoms with Crippen LogP contribution in [0.15, 0.2) is 155 Å².